The molecule has 0 radical (unpaired) electrons. The van der Waals surface area contributed by atoms with Crippen molar-refractivity contribution < 1.29 is 9.59 Å². The summed E-state index contributed by atoms with van der Waals surface area (Å²) in [5.74, 6) is -1.04. The number of aromatic nitrogens is 1. The summed E-state index contributed by atoms with van der Waals surface area (Å²) in [7, 11) is 0. The van der Waals surface area contributed by atoms with E-state index in [9.17, 15) is 9.59 Å². The van der Waals surface area contributed by atoms with Gasteiger partial charge in [-0.05, 0) is 50.1 Å². The van der Waals surface area contributed by atoms with E-state index in [0.29, 0.717) is 18.8 Å². The zero-order valence-electron chi connectivity index (χ0n) is 17.8. The van der Waals surface area contributed by atoms with E-state index in [4.69, 9.17) is 0 Å². The van der Waals surface area contributed by atoms with Crippen LogP contribution in [0.3, 0.4) is 0 Å². The molecular formula is C24H28N4O2. The highest BCUT2D eigenvalue weighted by molar-refractivity contribution is 6.39. The van der Waals surface area contributed by atoms with Gasteiger partial charge in [0.25, 0.3) is 0 Å². The summed E-state index contributed by atoms with van der Waals surface area (Å²) in [6.45, 7) is 9.67. The standard InChI is InChI=1S/C24H28N4O2/c1-16-4-6-19(7-5-16)15-27-10-12-28(13-11-27)24(30)23(29)26-20-8-9-22-21(14-20)17(2)18(3)25-22/h4-9,14,25H,10-13,15H2,1-3H3,(H,26,29). The van der Waals surface area contributed by atoms with Crippen LogP contribution in [0.25, 0.3) is 10.9 Å². The number of benzene rings is 2. The fraction of sp³-hybridized carbons (Fsp3) is 0.333. The Bertz CT molecular complexity index is 1080. The molecule has 3 aromatic rings. The highest BCUT2D eigenvalue weighted by Gasteiger charge is 2.26. The second-order valence-electron chi connectivity index (χ2n) is 8.14. The van der Waals surface area contributed by atoms with E-state index in [2.05, 4.69) is 46.4 Å². The molecular weight excluding hydrogens is 376 g/mol. The number of aromatic amines is 1. The van der Waals surface area contributed by atoms with Gasteiger partial charge in [0.15, 0.2) is 0 Å². The molecule has 0 bridgehead atoms. The molecule has 1 aliphatic rings. The lowest BCUT2D eigenvalue weighted by Crippen LogP contribution is -2.51. The molecule has 2 amide bonds. The van der Waals surface area contributed by atoms with Crippen LogP contribution in [0.2, 0.25) is 0 Å². The number of hydrogen-bond donors (Lipinski definition) is 2. The van der Waals surface area contributed by atoms with Crippen LogP contribution < -0.4 is 5.32 Å². The van der Waals surface area contributed by atoms with Gasteiger partial charge in [0.2, 0.25) is 0 Å². The number of aryl methyl sites for hydroxylation is 3. The van der Waals surface area contributed by atoms with Crippen molar-refractivity contribution in [2.24, 2.45) is 0 Å². The van der Waals surface area contributed by atoms with Crippen LogP contribution in [0.15, 0.2) is 42.5 Å². The molecule has 6 heteroatoms. The summed E-state index contributed by atoms with van der Waals surface area (Å²) in [5.41, 5.74) is 6.44. The smallest absolute Gasteiger partial charge is 0.313 e. The molecule has 30 heavy (non-hydrogen) atoms. The lowest BCUT2D eigenvalue weighted by molar-refractivity contribution is -0.144. The average molecular weight is 405 g/mol. The SMILES string of the molecule is Cc1ccc(CN2CCN(C(=O)C(=O)Nc3ccc4[nH]c(C)c(C)c4c3)CC2)cc1. The Labute approximate surface area is 176 Å². The molecule has 0 atom stereocenters. The predicted octanol–water partition coefficient (Wildman–Crippen LogP) is 3.38. The van der Waals surface area contributed by atoms with E-state index in [1.807, 2.05) is 32.0 Å². The third-order valence-electron chi connectivity index (χ3n) is 5.95. The highest BCUT2D eigenvalue weighted by Crippen LogP contribution is 2.24. The number of carbonyl (C=O) groups excluding carboxylic acids is 2. The van der Waals surface area contributed by atoms with Crippen molar-refractivity contribution >= 4 is 28.4 Å². The Morgan fingerprint density at radius 2 is 1.67 bits per heavy atom. The first kappa shape index (κ1) is 20.2. The maximum absolute atomic E-state index is 12.6. The molecule has 156 valence electrons. The summed E-state index contributed by atoms with van der Waals surface area (Å²) in [4.78, 5) is 32.4. The van der Waals surface area contributed by atoms with Crippen LogP contribution in [0.1, 0.15) is 22.4 Å². The molecule has 0 saturated carbocycles. The second-order valence-corrected chi connectivity index (χ2v) is 8.14. The average Bonchev–Trinajstić information content (AvgIpc) is 3.03. The van der Waals surface area contributed by atoms with Gasteiger partial charge in [-0.1, -0.05) is 29.8 Å². The Morgan fingerprint density at radius 1 is 0.967 bits per heavy atom. The normalized spacial score (nSPS) is 14.8. The number of anilines is 1. The molecule has 2 aromatic carbocycles. The Kier molecular flexibility index (Phi) is 5.59. The monoisotopic (exact) mass is 404 g/mol. The molecule has 2 heterocycles. The van der Waals surface area contributed by atoms with Gasteiger partial charge in [-0.2, -0.15) is 0 Å². The minimum atomic E-state index is -0.578. The first-order valence-electron chi connectivity index (χ1n) is 10.4. The molecule has 1 saturated heterocycles. The van der Waals surface area contributed by atoms with Crippen LogP contribution in [0, 0.1) is 20.8 Å². The largest absolute Gasteiger partial charge is 0.358 e. The maximum Gasteiger partial charge on any atom is 0.313 e. The molecule has 0 aliphatic carbocycles. The van der Waals surface area contributed by atoms with Gasteiger partial charge in [0.05, 0.1) is 0 Å². The fourth-order valence-corrected chi connectivity index (χ4v) is 3.93. The third-order valence-corrected chi connectivity index (χ3v) is 5.95. The lowest BCUT2D eigenvalue weighted by atomic mass is 10.1. The van der Waals surface area contributed by atoms with Crippen LogP contribution >= 0.6 is 0 Å². The van der Waals surface area contributed by atoms with E-state index >= 15 is 0 Å². The zero-order chi connectivity index (χ0) is 21.3. The third kappa shape index (κ3) is 4.24. The number of piperazine rings is 1. The van der Waals surface area contributed by atoms with Gasteiger partial charge in [0.1, 0.15) is 0 Å². The van der Waals surface area contributed by atoms with Crippen molar-refractivity contribution in [3.63, 3.8) is 0 Å². The molecule has 1 fully saturated rings. The number of carbonyl (C=O) groups is 2. The second kappa shape index (κ2) is 8.32. The van der Waals surface area contributed by atoms with Gasteiger partial charge in [-0.3, -0.25) is 14.5 Å². The van der Waals surface area contributed by atoms with Gasteiger partial charge >= 0.3 is 11.8 Å². The molecule has 6 nitrogen and oxygen atoms in total. The Balaban J connectivity index is 1.33. The van der Waals surface area contributed by atoms with Crippen LogP contribution in [-0.2, 0) is 16.1 Å². The Morgan fingerprint density at radius 3 is 2.37 bits per heavy atom. The van der Waals surface area contributed by atoms with E-state index < -0.39 is 11.8 Å². The summed E-state index contributed by atoms with van der Waals surface area (Å²) in [6.07, 6.45) is 0. The number of H-pyrrole nitrogens is 1. The zero-order valence-corrected chi connectivity index (χ0v) is 17.8. The van der Waals surface area contributed by atoms with Crippen molar-refractivity contribution in [1.29, 1.82) is 0 Å². The number of nitrogens with one attached hydrogen (secondary N) is 2. The molecule has 4 rings (SSSR count). The summed E-state index contributed by atoms with van der Waals surface area (Å²) < 4.78 is 0. The van der Waals surface area contributed by atoms with E-state index in [0.717, 1.165) is 41.8 Å². The molecule has 2 N–H and O–H groups in total. The fourth-order valence-electron chi connectivity index (χ4n) is 3.93. The summed E-state index contributed by atoms with van der Waals surface area (Å²) in [6, 6.07) is 14.2. The molecule has 1 aromatic heterocycles. The number of fused-ring (bicyclic) bond motifs is 1. The summed E-state index contributed by atoms with van der Waals surface area (Å²) in [5, 5.41) is 3.82. The first-order valence-corrected chi connectivity index (χ1v) is 10.4. The predicted molar refractivity (Wildman–Crippen MR) is 119 cm³/mol. The van der Waals surface area contributed by atoms with E-state index in [1.165, 1.54) is 11.1 Å². The molecule has 0 spiro atoms. The van der Waals surface area contributed by atoms with Gasteiger partial charge in [-0.15, -0.1) is 0 Å². The quantitative estimate of drug-likeness (QED) is 0.658. The number of rotatable bonds is 3. The van der Waals surface area contributed by atoms with Crippen molar-refractivity contribution in [3.05, 3.63) is 64.8 Å². The molecule has 1 aliphatic heterocycles. The van der Waals surface area contributed by atoms with Gasteiger partial charge in [0, 0.05) is 55.0 Å². The topological polar surface area (TPSA) is 68.4 Å². The van der Waals surface area contributed by atoms with Crippen LogP contribution in [-0.4, -0.2) is 52.8 Å². The van der Waals surface area contributed by atoms with Crippen molar-refractivity contribution in [1.82, 2.24) is 14.8 Å². The first-order chi connectivity index (χ1) is 14.4. The number of amides is 2. The van der Waals surface area contributed by atoms with Gasteiger partial charge < -0.3 is 15.2 Å². The van der Waals surface area contributed by atoms with Crippen LogP contribution in [0.5, 0.6) is 0 Å². The van der Waals surface area contributed by atoms with Crippen LogP contribution in [0.4, 0.5) is 5.69 Å². The van der Waals surface area contributed by atoms with Crippen molar-refractivity contribution in [3.8, 4) is 0 Å². The van der Waals surface area contributed by atoms with Crippen molar-refractivity contribution in [2.45, 2.75) is 27.3 Å². The minimum absolute atomic E-state index is 0.466. The molecule has 0 unspecified atom stereocenters. The number of hydrogen-bond acceptors (Lipinski definition) is 3. The Hall–Kier alpha value is -3.12. The lowest BCUT2D eigenvalue weighted by Gasteiger charge is -2.34. The van der Waals surface area contributed by atoms with Crippen molar-refractivity contribution in [2.75, 3.05) is 31.5 Å². The minimum Gasteiger partial charge on any atom is -0.358 e. The van der Waals surface area contributed by atoms with E-state index in [1.54, 1.807) is 4.90 Å². The van der Waals surface area contributed by atoms with Gasteiger partial charge in [-0.25, -0.2) is 0 Å². The maximum atomic E-state index is 12.6. The highest BCUT2D eigenvalue weighted by atomic mass is 16.2. The summed E-state index contributed by atoms with van der Waals surface area (Å²) >= 11 is 0. The van der Waals surface area contributed by atoms with E-state index in [-0.39, 0.29) is 0 Å². The number of nitrogens with zero attached hydrogens (tertiary/aromatic N) is 2.